The summed E-state index contributed by atoms with van der Waals surface area (Å²) >= 11 is 1.39. The van der Waals surface area contributed by atoms with Crippen molar-refractivity contribution in [1.82, 2.24) is 14.5 Å². The molecule has 2 heterocycles. The lowest BCUT2D eigenvalue weighted by molar-refractivity contribution is -0.389. The first-order chi connectivity index (χ1) is 14.0. The van der Waals surface area contributed by atoms with Gasteiger partial charge in [-0.3, -0.25) is 4.79 Å². The SMILES string of the molecule is Cc1nc([N+](=O)[O-])cn1CCC(=O)Nc1nc(-c2ccc3c(c2)CCCC3)cs1. The number of rotatable bonds is 6. The third-order valence-corrected chi connectivity index (χ3v) is 5.88. The highest BCUT2D eigenvalue weighted by Crippen LogP contribution is 2.29. The van der Waals surface area contributed by atoms with Crippen LogP contribution in [0.2, 0.25) is 0 Å². The second-order valence-corrected chi connectivity index (χ2v) is 7.98. The molecule has 0 atom stereocenters. The van der Waals surface area contributed by atoms with Crippen LogP contribution in [0.4, 0.5) is 10.9 Å². The molecule has 1 aliphatic rings. The molecule has 1 aromatic carbocycles. The number of benzene rings is 1. The summed E-state index contributed by atoms with van der Waals surface area (Å²) in [4.78, 5) is 30.9. The molecular formula is C20H21N5O3S. The predicted molar refractivity (Wildman–Crippen MR) is 111 cm³/mol. The molecule has 4 rings (SSSR count). The summed E-state index contributed by atoms with van der Waals surface area (Å²) in [7, 11) is 0. The second-order valence-electron chi connectivity index (χ2n) is 7.12. The zero-order chi connectivity index (χ0) is 20.4. The monoisotopic (exact) mass is 411 g/mol. The lowest BCUT2D eigenvalue weighted by Crippen LogP contribution is -2.14. The normalized spacial score (nSPS) is 13.1. The van der Waals surface area contributed by atoms with Crippen LogP contribution in [0, 0.1) is 17.0 Å². The quantitative estimate of drug-likeness (QED) is 0.485. The fourth-order valence-electron chi connectivity index (χ4n) is 3.57. The molecule has 0 spiro atoms. The van der Waals surface area contributed by atoms with Crippen LogP contribution in [0.3, 0.4) is 0 Å². The van der Waals surface area contributed by atoms with E-state index in [0.717, 1.165) is 24.1 Å². The Morgan fingerprint density at radius 1 is 1.28 bits per heavy atom. The van der Waals surface area contributed by atoms with Crippen LogP contribution in [0.1, 0.15) is 36.2 Å². The summed E-state index contributed by atoms with van der Waals surface area (Å²) < 4.78 is 1.61. The maximum atomic E-state index is 12.3. The third kappa shape index (κ3) is 4.34. The van der Waals surface area contributed by atoms with E-state index in [4.69, 9.17) is 0 Å². The minimum absolute atomic E-state index is 0.183. The van der Waals surface area contributed by atoms with Crippen molar-refractivity contribution in [2.24, 2.45) is 0 Å². The summed E-state index contributed by atoms with van der Waals surface area (Å²) in [6.45, 7) is 2.00. The first-order valence-electron chi connectivity index (χ1n) is 9.55. The second kappa shape index (κ2) is 8.12. The molecule has 0 bridgehead atoms. The summed E-state index contributed by atoms with van der Waals surface area (Å²) in [5.74, 6) is 0.109. The number of nitrogens with one attached hydrogen (secondary N) is 1. The van der Waals surface area contributed by atoms with Crippen LogP contribution >= 0.6 is 11.3 Å². The molecule has 9 heteroatoms. The fourth-order valence-corrected chi connectivity index (χ4v) is 4.30. The molecule has 0 radical (unpaired) electrons. The Morgan fingerprint density at radius 3 is 2.83 bits per heavy atom. The number of amides is 1. The van der Waals surface area contributed by atoms with Gasteiger partial charge in [0.25, 0.3) is 0 Å². The van der Waals surface area contributed by atoms with E-state index in [1.807, 2.05) is 5.38 Å². The van der Waals surface area contributed by atoms with Crippen LogP contribution in [-0.4, -0.2) is 25.4 Å². The van der Waals surface area contributed by atoms with Crippen molar-refractivity contribution in [1.29, 1.82) is 0 Å². The van der Waals surface area contributed by atoms with E-state index in [9.17, 15) is 14.9 Å². The molecule has 1 amide bonds. The summed E-state index contributed by atoms with van der Waals surface area (Å²) in [6, 6.07) is 6.50. The van der Waals surface area contributed by atoms with Crippen molar-refractivity contribution in [2.75, 3.05) is 5.32 Å². The van der Waals surface area contributed by atoms with Crippen molar-refractivity contribution in [3.63, 3.8) is 0 Å². The lowest BCUT2D eigenvalue weighted by Gasteiger charge is -2.16. The first-order valence-corrected chi connectivity index (χ1v) is 10.4. The molecule has 8 nitrogen and oxygen atoms in total. The standard InChI is InChI=1S/C20H21N5O3S/c1-13-21-18(25(27)28)11-24(13)9-8-19(26)23-20-22-17(12-29-20)16-7-6-14-4-2-3-5-15(14)10-16/h6-7,10-12H,2-5,8-9H2,1H3,(H,22,23,26). The van der Waals surface area contributed by atoms with Gasteiger partial charge in [-0.1, -0.05) is 12.1 Å². The molecule has 1 aliphatic carbocycles. The molecule has 1 N–H and O–H groups in total. The van der Waals surface area contributed by atoms with Gasteiger partial charge < -0.3 is 20.0 Å². The Bertz CT molecular complexity index is 1070. The van der Waals surface area contributed by atoms with Gasteiger partial charge in [-0.05, 0) is 52.8 Å². The molecule has 2 aromatic heterocycles. The summed E-state index contributed by atoms with van der Waals surface area (Å²) in [6.07, 6.45) is 6.28. The Kier molecular flexibility index (Phi) is 5.39. The van der Waals surface area contributed by atoms with E-state index in [0.29, 0.717) is 17.5 Å². The number of hydrogen-bond donors (Lipinski definition) is 1. The van der Waals surface area contributed by atoms with Crippen molar-refractivity contribution in [3.05, 3.63) is 56.8 Å². The average molecular weight is 411 g/mol. The molecule has 0 saturated heterocycles. The number of nitro groups is 1. The smallest absolute Gasteiger partial charge is 0.358 e. The van der Waals surface area contributed by atoms with Crippen LogP contribution in [0.25, 0.3) is 11.3 Å². The molecule has 0 unspecified atom stereocenters. The fraction of sp³-hybridized carbons (Fsp3) is 0.350. The molecule has 0 saturated carbocycles. The van der Waals surface area contributed by atoms with Crippen LogP contribution in [-0.2, 0) is 24.2 Å². The number of anilines is 1. The number of carbonyl (C=O) groups is 1. The van der Waals surface area contributed by atoms with Gasteiger partial charge in [0.2, 0.25) is 11.7 Å². The van der Waals surface area contributed by atoms with Crippen molar-refractivity contribution in [3.8, 4) is 11.3 Å². The molecule has 150 valence electrons. The van der Waals surface area contributed by atoms with Gasteiger partial charge >= 0.3 is 5.82 Å². The number of thiazole rings is 1. The summed E-state index contributed by atoms with van der Waals surface area (Å²) in [5, 5.41) is 16.1. The Balaban J connectivity index is 1.37. The van der Waals surface area contributed by atoms with Gasteiger partial charge in [-0.15, -0.1) is 11.3 Å². The van der Waals surface area contributed by atoms with Gasteiger partial charge in [-0.25, -0.2) is 4.98 Å². The number of aryl methyl sites for hydroxylation is 4. The number of nitrogens with zero attached hydrogens (tertiary/aromatic N) is 4. The van der Waals surface area contributed by atoms with Gasteiger partial charge in [0.05, 0.1) is 5.69 Å². The Labute approximate surface area is 171 Å². The maximum Gasteiger partial charge on any atom is 0.381 e. The Hall–Kier alpha value is -3.07. The summed E-state index contributed by atoms with van der Waals surface area (Å²) in [5.41, 5.74) is 4.76. The van der Waals surface area contributed by atoms with E-state index in [1.165, 1.54) is 41.5 Å². The van der Waals surface area contributed by atoms with Gasteiger partial charge in [-0.2, -0.15) is 0 Å². The van der Waals surface area contributed by atoms with Crippen molar-refractivity contribution < 1.29 is 9.72 Å². The van der Waals surface area contributed by atoms with Crippen LogP contribution in [0.15, 0.2) is 29.8 Å². The zero-order valence-electron chi connectivity index (χ0n) is 16.1. The average Bonchev–Trinajstić information content (AvgIpc) is 3.32. The molecule has 0 aliphatic heterocycles. The third-order valence-electron chi connectivity index (χ3n) is 5.12. The Morgan fingerprint density at radius 2 is 2.07 bits per heavy atom. The minimum Gasteiger partial charge on any atom is -0.358 e. The molecule has 29 heavy (non-hydrogen) atoms. The lowest BCUT2D eigenvalue weighted by atomic mass is 9.90. The van der Waals surface area contributed by atoms with Gasteiger partial charge in [0.15, 0.2) is 5.13 Å². The van der Waals surface area contributed by atoms with E-state index in [1.54, 1.807) is 11.5 Å². The number of imidazole rings is 1. The van der Waals surface area contributed by atoms with E-state index >= 15 is 0 Å². The van der Waals surface area contributed by atoms with Crippen molar-refractivity contribution >= 4 is 28.2 Å². The largest absolute Gasteiger partial charge is 0.381 e. The zero-order valence-corrected chi connectivity index (χ0v) is 16.9. The number of fused-ring (bicyclic) bond motifs is 1. The highest BCUT2D eigenvalue weighted by molar-refractivity contribution is 7.14. The highest BCUT2D eigenvalue weighted by Gasteiger charge is 2.16. The molecule has 0 fully saturated rings. The highest BCUT2D eigenvalue weighted by atomic mass is 32.1. The number of aromatic nitrogens is 3. The van der Waals surface area contributed by atoms with E-state index in [-0.39, 0.29) is 18.1 Å². The van der Waals surface area contributed by atoms with Crippen LogP contribution < -0.4 is 5.32 Å². The number of hydrogen-bond acceptors (Lipinski definition) is 6. The molecule has 3 aromatic rings. The van der Waals surface area contributed by atoms with E-state index < -0.39 is 4.92 Å². The maximum absolute atomic E-state index is 12.3. The minimum atomic E-state index is -0.540. The van der Waals surface area contributed by atoms with Gasteiger partial charge in [0, 0.05) is 30.8 Å². The van der Waals surface area contributed by atoms with Crippen LogP contribution in [0.5, 0.6) is 0 Å². The molecular weight excluding hydrogens is 390 g/mol. The van der Waals surface area contributed by atoms with Gasteiger partial charge in [0.1, 0.15) is 6.20 Å². The van der Waals surface area contributed by atoms with E-state index in [2.05, 4.69) is 33.5 Å². The first kappa shape index (κ1) is 19.3. The van der Waals surface area contributed by atoms with Crippen molar-refractivity contribution in [2.45, 2.75) is 45.6 Å². The topological polar surface area (TPSA) is 103 Å². The predicted octanol–water partition coefficient (Wildman–Crippen LogP) is 4.13. The number of carbonyl (C=O) groups excluding carboxylic acids is 1.